The summed E-state index contributed by atoms with van der Waals surface area (Å²) in [6.07, 6.45) is 8.77. The molecule has 130 valence electrons. The first-order chi connectivity index (χ1) is 11.5. The van der Waals surface area contributed by atoms with Gasteiger partial charge in [-0.2, -0.15) is 0 Å². The van der Waals surface area contributed by atoms with Crippen LogP contribution in [0.2, 0.25) is 0 Å². The summed E-state index contributed by atoms with van der Waals surface area (Å²) in [5, 5.41) is 0. The van der Waals surface area contributed by atoms with Crippen LogP contribution in [-0.4, -0.2) is 18.7 Å². The van der Waals surface area contributed by atoms with E-state index in [1.807, 2.05) is 4.57 Å². The molecule has 2 aliphatic rings. The maximum absolute atomic E-state index is 13.0. The van der Waals surface area contributed by atoms with Crippen LogP contribution in [0, 0.1) is 17.8 Å². The molecule has 2 aliphatic carbocycles. The van der Waals surface area contributed by atoms with Crippen LogP contribution in [0.1, 0.15) is 45.4 Å². The fraction of sp³-hybridized carbons (Fsp3) is 0.722. The first-order valence-corrected chi connectivity index (χ1v) is 9.19. The zero-order chi connectivity index (χ0) is 16.8. The van der Waals surface area contributed by atoms with Gasteiger partial charge in [0.25, 0.3) is 5.56 Å². The minimum Gasteiger partial charge on any atom is -0.324 e. The Bertz CT molecular complexity index is 863. The van der Waals surface area contributed by atoms with Gasteiger partial charge in [-0.15, -0.1) is 0 Å². The quantitative estimate of drug-likeness (QED) is 0.863. The average molecular weight is 330 g/mol. The number of nitrogens with zero attached hydrogens (tertiary/aromatic N) is 4. The second-order valence-electron chi connectivity index (χ2n) is 7.90. The molecule has 0 aromatic carbocycles. The zero-order valence-corrected chi connectivity index (χ0v) is 14.6. The molecule has 4 rings (SSSR count). The Morgan fingerprint density at radius 2 is 1.67 bits per heavy atom. The number of rotatable bonds is 4. The third-order valence-corrected chi connectivity index (χ3v) is 5.83. The van der Waals surface area contributed by atoms with Crippen molar-refractivity contribution >= 4 is 11.2 Å². The molecule has 0 bridgehead atoms. The SMILES string of the molecule is CC1CCC(Cn2c(=O)c3c(ncn3CC3CC3)n(C)c2=O)CC1. The van der Waals surface area contributed by atoms with E-state index in [-0.39, 0.29) is 11.2 Å². The molecule has 6 heteroatoms. The Labute approximate surface area is 141 Å². The van der Waals surface area contributed by atoms with E-state index in [0.29, 0.717) is 29.5 Å². The lowest BCUT2D eigenvalue weighted by atomic mass is 9.83. The van der Waals surface area contributed by atoms with Gasteiger partial charge in [-0.25, -0.2) is 9.78 Å². The Balaban J connectivity index is 1.74. The minimum atomic E-state index is -0.234. The Morgan fingerprint density at radius 1 is 1.04 bits per heavy atom. The van der Waals surface area contributed by atoms with Crippen LogP contribution in [0.15, 0.2) is 15.9 Å². The highest BCUT2D eigenvalue weighted by Crippen LogP contribution is 2.31. The molecule has 2 heterocycles. The smallest absolute Gasteiger partial charge is 0.324 e. The molecular formula is C18H26N4O2. The zero-order valence-electron chi connectivity index (χ0n) is 14.6. The molecule has 6 nitrogen and oxygen atoms in total. The first kappa shape index (κ1) is 15.7. The summed E-state index contributed by atoms with van der Waals surface area (Å²) in [6, 6.07) is 0. The third kappa shape index (κ3) is 2.72. The number of imidazole rings is 1. The van der Waals surface area contributed by atoms with Crippen LogP contribution in [0.3, 0.4) is 0 Å². The Kier molecular flexibility index (Phi) is 3.85. The number of hydrogen-bond acceptors (Lipinski definition) is 3. The summed E-state index contributed by atoms with van der Waals surface area (Å²) in [5.41, 5.74) is 0.708. The van der Waals surface area contributed by atoms with Gasteiger partial charge in [0.05, 0.1) is 6.33 Å². The van der Waals surface area contributed by atoms with Crippen LogP contribution < -0.4 is 11.2 Å². The fourth-order valence-electron chi connectivity index (χ4n) is 3.97. The first-order valence-electron chi connectivity index (χ1n) is 9.19. The van der Waals surface area contributed by atoms with E-state index in [0.717, 1.165) is 25.3 Å². The Hall–Kier alpha value is -1.85. The van der Waals surface area contributed by atoms with E-state index in [1.54, 1.807) is 13.4 Å². The van der Waals surface area contributed by atoms with Gasteiger partial charge in [-0.3, -0.25) is 13.9 Å². The van der Waals surface area contributed by atoms with Crippen molar-refractivity contribution in [3.8, 4) is 0 Å². The summed E-state index contributed by atoms with van der Waals surface area (Å²) < 4.78 is 4.94. The molecule has 24 heavy (non-hydrogen) atoms. The maximum atomic E-state index is 13.0. The fourth-order valence-corrected chi connectivity index (χ4v) is 3.97. The van der Waals surface area contributed by atoms with Gasteiger partial charge in [0.1, 0.15) is 0 Å². The van der Waals surface area contributed by atoms with E-state index in [9.17, 15) is 9.59 Å². The molecule has 0 amide bonds. The van der Waals surface area contributed by atoms with Crippen molar-refractivity contribution in [2.24, 2.45) is 24.8 Å². The van der Waals surface area contributed by atoms with E-state index >= 15 is 0 Å². The van der Waals surface area contributed by atoms with Crippen LogP contribution in [0.25, 0.3) is 11.2 Å². The van der Waals surface area contributed by atoms with Crippen LogP contribution in [-0.2, 0) is 20.1 Å². The molecule has 2 fully saturated rings. The highest BCUT2D eigenvalue weighted by Gasteiger charge is 2.25. The number of aromatic nitrogens is 4. The number of hydrogen-bond donors (Lipinski definition) is 0. The normalized spacial score (nSPS) is 24.6. The predicted octanol–water partition coefficient (Wildman–Crippen LogP) is 2.13. The molecule has 2 aromatic heterocycles. The topological polar surface area (TPSA) is 61.8 Å². The molecule has 0 saturated heterocycles. The minimum absolute atomic E-state index is 0.162. The second-order valence-corrected chi connectivity index (χ2v) is 7.90. The predicted molar refractivity (Wildman–Crippen MR) is 93.1 cm³/mol. The van der Waals surface area contributed by atoms with E-state index in [4.69, 9.17) is 0 Å². The van der Waals surface area contributed by atoms with Crippen molar-refractivity contribution in [1.29, 1.82) is 0 Å². The van der Waals surface area contributed by atoms with Crippen molar-refractivity contribution in [2.75, 3.05) is 0 Å². The van der Waals surface area contributed by atoms with Crippen LogP contribution in [0.5, 0.6) is 0 Å². The molecule has 0 atom stereocenters. The summed E-state index contributed by atoms with van der Waals surface area (Å²) >= 11 is 0. The van der Waals surface area contributed by atoms with E-state index in [2.05, 4.69) is 11.9 Å². The Morgan fingerprint density at radius 3 is 2.33 bits per heavy atom. The molecule has 2 aromatic rings. The average Bonchev–Trinajstić information content (AvgIpc) is 3.28. The molecule has 2 saturated carbocycles. The van der Waals surface area contributed by atoms with Crippen molar-refractivity contribution in [3.05, 3.63) is 27.2 Å². The summed E-state index contributed by atoms with van der Waals surface area (Å²) in [6.45, 7) is 3.66. The van der Waals surface area contributed by atoms with E-state index < -0.39 is 0 Å². The van der Waals surface area contributed by atoms with Gasteiger partial charge < -0.3 is 4.57 Å². The largest absolute Gasteiger partial charge is 0.332 e. The summed E-state index contributed by atoms with van der Waals surface area (Å²) in [4.78, 5) is 30.0. The standard InChI is InChI=1S/C18H26N4O2/c1-12-3-5-14(6-4-12)10-22-17(23)15-16(20(2)18(22)24)19-11-21(15)9-13-7-8-13/h11-14H,3-10H2,1-2H3. The van der Waals surface area contributed by atoms with Gasteiger partial charge in [-0.05, 0) is 43.4 Å². The summed E-state index contributed by atoms with van der Waals surface area (Å²) in [7, 11) is 1.72. The third-order valence-electron chi connectivity index (χ3n) is 5.83. The number of fused-ring (bicyclic) bond motifs is 1. The molecule has 0 N–H and O–H groups in total. The molecule has 0 radical (unpaired) electrons. The van der Waals surface area contributed by atoms with Crippen molar-refractivity contribution in [3.63, 3.8) is 0 Å². The number of aryl methyl sites for hydroxylation is 1. The molecular weight excluding hydrogens is 304 g/mol. The van der Waals surface area contributed by atoms with Crippen molar-refractivity contribution < 1.29 is 0 Å². The molecule has 0 spiro atoms. The highest BCUT2D eigenvalue weighted by molar-refractivity contribution is 5.69. The highest BCUT2D eigenvalue weighted by atomic mass is 16.2. The van der Waals surface area contributed by atoms with Gasteiger partial charge in [0.15, 0.2) is 11.2 Å². The van der Waals surface area contributed by atoms with Crippen molar-refractivity contribution in [2.45, 2.75) is 58.5 Å². The summed E-state index contributed by atoms with van der Waals surface area (Å²) in [5.74, 6) is 1.86. The van der Waals surface area contributed by atoms with Crippen LogP contribution >= 0.6 is 0 Å². The monoisotopic (exact) mass is 330 g/mol. The van der Waals surface area contributed by atoms with Crippen molar-refractivity contribution in [1.82, 2.24) is 18.7 Å². The lowest BCUT2D eigenvalue weighted by Crippen LogP contribution is -2.41. The van der Waals surface area contributed by atoms with Gasteiger partial charge in [0, 0.05) is 20.1 Å². The molecule has 0 unspecified atom stereocenters. The lowest BCUT2D eigenvalue weighted by Gasteiger charge is -2.26. The van der Waals surface area contributed by atoms with Crippen LogP contribution in [0.4, 0.5) is 0 Å². The van der Waals surface area contributed by atoms with Gasteiger partial charge in [0.2, 0.25) is 0 Å². The molecule has 0 aliphatic heterocycles. The van der Waals surface area contributed by atoms with E-state index in [1.165, 1.54) is 34.8 Å². The maximum Gasteiger partial charge on any atom is 0.332 e. The second kappa shape index (κ2) is 5.90. The van der Waals surface area contributed by atoms with Gasteiger partial charge >= 0.3 is 5.69 Å². The van der Waals surface area contributed by atoms with Gasteiger partial charge in [-0.1, -0.05) is 19.8 Å². The lowest BCUT2D eigenvalue weighted by molar-refractivity contribution is 0.259.